The topological polar surface area (TPSA) is 124 Å². The van der Waals surface area contributed by atoms with Crippen LogP contribution in [0, 0.1) is 0 Å². The molecular formula is C19H28F2N8OS+2. The maximum absolute atomic E-state index is 12.5. The van der Waals surface area contributed by atoms with Gasteiger partial charge in [-0.15, -0.1) is 4.72 Å². The third-order valence-electron chi connectivity index (χ3n) is 4.72. The Balaban J connectivity index is 1.77. The second-order valence-electron chi connectivity index (χ2n) is 8.04. The number of aromatic nitrogens is 4. The van der Waals surface area contributed by atoms with Crippen molar-refractivity contribution in [3.63, 3.8) is 0 Å². The van der Waals surface area contributed by atoms with Gasteiger partial charge in [0.25, 0.3) is 0 Å². The minimum Gasteiger partial charge on any atom is -0.353 e. The van der Waals surface area contributed by atoms with Crippen LogP contribution in [-0.2, 0) is 15.2 Å². The van der Waals surface area contributed by atoms with E-state index in [1.54, 1.807) is 12.5 Å². The van der Waals surface area contributed by atoms with E-state index in [4.69, 9.17) is 5.41 Å². The summed E-state index contributed by atoms with van der Waals surface area (Å²) in [4.78, 5) is 18.1. The molecule has 0 aromatic carbocycles. The molecule has 12 heteroatoms. The first-order valence-corrected chi connectivity index (χ1v) is 11.5. The van der Waals surface area contributed by atoms with Crippen LogP contribution in [0.1, 0.15) is 19.7 Å². The SMILES string of the molecule is C[SH+](=O)NCC1CN(c2cc(-c3cnc(/C=C\C(=[NH2+])C(F)F)[nH]3)ncn2)CC(C)(C)N1. The lowest BCUT2D eigenvalue weighted by Crippen LogP contribution is -2.64. The van der Waals surface area contributed by atoms with Gasteiger partial charge in [0.2, 0.25) is 5.71 Å². The summed E-state index contributed by atoms with van der Waals surface area (Å²) in [5.41, 5.74) is 0.572. The second-order valence-corrected chi connectivity index (χ2v) is 9.35. The van der Waals surface area contributed by atoms with Crippen LogP contribution in [0.15, 0.2) is 24.7 Å². The Labute approximate surface area is 181 Å². The standard InChI is InChI=1S/C19H26F2N8OS/c1-19(2)10-29(9-12(28-19)7-26-31(3)30)17-6-14(24-11-25-17)15-8-23-16(27-15)5-4-13(22)18(20)21/h4-6,8,11-12,18,22,28H,7,9-10H2,1-3H3,(H,23,27)(H,26,30)/p+2/b5-4-,22-13?. The van der Waals surface area contributed by atoms with Crippen molar-refractivity contribution in [3.8, 4) is 11.4 Å². The van der Waals surface area contributed by atoms with Gasteiger partial charge in [0, 0.05) is 36.8 Å². The molecular weight excluding hydrogens is 426 g/mol. The average molecular weight is 455 g/mol. The zero-order chi connectivity index (χ0) is 22.6. The van der Waals surface area contributed by atoms with Crippen LogP contribution in [0.25, 0.3) is 17.5 Å². The van der Waals surface area contributed by atoms with Crippen LogP contribution in [0.4, 0.5) is 14.6 Å². The number of hydrogen-bond acceptors (Lipinski definition) is 6. The minimum atomic E-state index is -2.71. The molecule has 1 saturated heterocycles. The van der Waals surface area contributed by atoms with Crippen molar-refractivity contribution in [3.05, 3.63) is 30.5 Å². The van der Waals surface area contributed by atoms with Gasteiger partial charge in [-0.1, -0.05) is 4.21 Å². The summed E-state index contributed by atoms with van der Waals surface area (Å²) >= 11 is 0. The van der Waals surface area contributed by atoms with E-state index in [0.29, 0.717) is 30.3 Å². The van der Waals surface area contributed by atoms with Crippen LogP contribution < -0.4 is 20.3 Å². The molecule has 0 amide bonds. The monoisotopic (exact) mass is 454 g/mol. The van der Waals surface area contributed by atoms with Crippen LogP contribution >= 0.6 is 0 Å². The van der Waals surface area contributed by atoms with Gasteiger partial charge in [0.1, 0.15) is 35.2 Å². The Morgan fingerprint density at radius 1 is 1.45 bits per heavy atom. The maximum Gasteiger partial charge on any atom is 0.320 e. The zero-order valence-electron chi connectivity index (χ0n) is 17.6. The number of thiol groups is 1. The zero-order valence-corrected chi connectivity index (χ0v) is 18.5. The summed E-state index contributed by atoms with van der Waals surface area (Å²) in [5.74, 6) is 1.15. The predicted octanol–water partition coefficient (Wildman–Crippen LogP) is -0.268. The van der Waals surface area contributed by atoms with E-state index in [1.807, 2.05) is 6.07 Å². The number of anilines is 1. The van der Waals surface area contributed by atoms with Crippen molar-refractivity contribution in [2.24, 2.45) is 0 Å². The van der Waals surface area contributed by atoms with Gasteiger partial charge in [-0.05, 0) is 19.9 Å². The molecule has 0 radical (unpaired) electrons. The number of imidazole rings is 1. The lowest BCUT2D eigenvalue weighted by Gasteiger charge is -2.44. The van der Waals surface area contributed by atoms with Crippen LogP contribution in [0.3, 0.4) is 0 Å². The molecule has 2 atom stereocenters. The fourth-order valence-corrected chi connectivity index (χ4v) is 3.92. The Bertz CT molecular complexity index is 977. The molecule has 2 unspecified atom stereocenters. The molecule has 1 fully saturated rings. The van der Waals surface area contributed by atoms with E-state index in [0.717, 1.165) is 18.4 Å². The number of piperazine rings is 1. The van der Waals surface area contributed by atoms with Gasteiger partial charge >= 0.3 is 6.43 Å². The molecule has 0 saturated carbocycles. The molecule has 1 aliphatic heterocycles. The Morgan fingerprint density at radius 3 is 2.94 bits per heavy atom. The van der Waals surface area contributed by atoms with Gasteiger partial charge in [-0.3, -0.25) is 5.41 Å². The lowest BCUT2D eigenvalue weighted by atomic mass is 9.98. The summed E-state index contributed by atoms with van der Waals surface area (Å²) < 4.78 is 39.4. The highest BCUT2D eigenvalue weighted by Crippen LogP contribution is 2.23. The molecule has 2 aromatic rings. The molecule has 31 heavy (non-hydrogen) atoms. The summed E-state index contributed by atoms with van der Waals surface area (Å²) in [5, 5.41) is 8.80. The third-order valence-corrected chi connectivity index (χ3v) is 5.34. The van der Waals surface area contributed by atoms with Gasteiger partial charge < -0.3 is 15.2 Å². The van der Waals surface area contributed by atoms with Gasteiger partial charge in [-0.2, -0.15) is 8.78 Å². The normalized spacial score (nSPS) is 19.8. The predicted molar refractivity (Wildman–Crippen MR) is 118 cm³/mol. The molecule has 9 nitrogen and oxygen atoms in total. The fraction of sp³-hybridized carbons (Fsp3) is 0.474. The van der Waals surface area contributed by atoms with Crippen molar-refractivity contribution in [1.29, 1.82) is 0 Å². The Morgan fingerprint density at radius 2 is 2.23 bits per heavy atom. The quantitative estimate of drug-likeness (QED) is 0.247. The van der Waals surface area contributed by atoms with Crippen molar-refractivity contribution < 1.29 is 18.4 Å². The van der Waals surface area contributed by atoms with Gasteiger partial charge in [0.05, 0.1) is 24.1 Å². The van der Waals surface area contributed by atoms with E-state index >= 15 is 0 Å². The first-order valence-electron chi connectivity index (χ1n) is 9.76. The summed E-state index contributed by atoms with van der Waals surface area (Å²) in [6.07, 6.45) is 4.51. The number of nitrogens with two attached hydrogens (primary N) is 1. The van der Waals surface area contributed by atoms with E-state index in [1.165, 1.54) is 12.4 Å². The highest BCUT2D eigenvalue weighted by Gasteiger charge is 2.33. The maximum atomic E-state index is 12.5. The summed E-state index contributed by atoms with van der Waals surface area (Å²) in [6, 6.07) is 1.95. The van der Waals surface area contributed by atoms with E-state index in [2.05, 4.69) is 48.7 Å². The molecule has 1 aliphatic rings. The highest BCUT2D eigenvalue weighted by molar-refractivity contribution is 7.82. The average Bonchev–Trinajstić information content (AvgIpc) is 3.18. The van der Waals surface area contributed by atoms with Crippen molar-refractivity contribution in [2.45, 2.75) is 31.9 Å². The van der Waals surface area contributed by atoms with E-state index < -0.39 is 23.1 Å². The number of allylic oxidation sites excluding steroid dienone is 1. The highest BCUT2D eigenvalue weighted by atomic mass is 32.2. The molecule has 2 aromatic heterocycles. The van der Waals surface area contributed by atoms with Crippen molar-refractivity contribution >= 4 is 28.6 Å². The molecule has 168 valence electrons. The van der Waals surface area contributed by atoms with Crippen molar-refractivity contribution in [1.82, 2.24) is 30.0 Å². The molecule has 0 aliphatic carbocycles. The van der Waals surface area contributed by atoms with E-state index in [9.17, 15) is 13.0 Å². The number of nitrogens with zero attached hydrogens (tertiary/aromatic N) is 4. The fourth-order valence-electron chi connectivity index (χ4n) is 3.45. The van der Waals surface area contributed by atoms with E-state index in [-0.39, 0.29) is 11.6 Å². The smallest absolute Gasteiger partial charge is 0.320 e. The number of nitrogens with one attached hydrogen (secondary N) is 3. The van der Waals surface area contributed by atoms with Gasteiger partial charge in [-0.25, -0.2) is 15.0 Å². The Kier molecular flexibility index (Phi) is 7.23. The number of hydrogen-bond donors (Lipinski definition) is 4. The van der Waals surface area contributed by atoms with Crippen LogP contribution in [-0.4, -0.2) is 69.5 Å². The molecule has 5 N–H and O–H groups in total. The third kappa shape index (κ3) is 6.45. The minimum absolute atomic E-state index is 0.0986. The lowest BCUT2D eigenvalue weighted by molar-refractivity contribution is -0.124. The number of H-pyrrole nitrogens is 1. The molecule has 0 spiro atoms. The first kappa shape index (κ1) is 23.1. The Hall–Kier alpha value is -2.57. The number of alkyl halides is 2. The summed E-state index contributed by atoms with van der Waals surface area (Å²) in [6.45, 7) is 6.22. The van der Waals surface area contributed by atoms with Crippen LogP contribution in [0.2, 0.25) is 0 Å². The van der Waals surface area contributed by atoms with Crippen molar-refractivity contribution in [2.75, 3.05) is 30.8 Å². The largest absolute Gasteiger partial charge is 0.353 e. The molecule has 3 rings (SSSR count). The first-order chi connectivity index (χ1) is 14.6. The second kappa shape index (κ2) is 9.71. The molecule has 0 bridgehead atoms. The number of aromatic amines is 1. The van der Waals surface area contributed by atoms with Crippen LogP contribution in [0.5, 0.6) is 0 Å². The van der Waals surface area contributed by atoms with Gasteiger partial charge in [0.15, 0.2) is 0 Å². The summed E-state index contributed by atoms with van der Waals surface area (Å²) in [7, 11) is -1.42. The molecule has 3 heterocycles. The number of halogens is 2. The number of rotatable bonds is 8.